The van der Waals surface area contributed by atoms with E-state index in [1.807, 2.05) is 0 Å². The van der Waals surface area contributed by atoms with Gasteiger partial charge in [0.05, 0.1) is 12.1 Å². The highest BCUT2D eigenvalue weighted by Crippen LogP contribution is 2.20. The van der Waals surface area contributed by atoms with Crippen molar-refractivity contribution in [3.05, 3.63) is 0 Å². The monoisotopic (exact) mass is 138 g/mol. The van der Waals surface area contributed by atoms with Crippen LogP contribution in [0.4, 0.5) is 0 Å². The lowest BCUT2D eigenvalue weighted by molar-refractivity contribution is 0.0751. The molecule has 0 bridgehead atoms. The van der Waals surface area contributed by atoms with Crippen molar-refractivity contribution in [1.29, 1.82) is 5.26 Å². The fourth-order valence-electron chi connectivity index (χ4n) is 1.40. The molecule has 0 aromatic rings. The molecule has 0 aromatic carbocycles. The van der Waals surface area contributed by atoms with Crippen molar-refractivity contribution in [3.8, 4) is 6.07 Å². The number of hydrogen-bond acceptors (Lipinski definition) is 2. The van der Waals surface area contributed by atoms with Gasteiger partial charge in [-0.3, -0.25) is 4.90 Å². The van der Waals surface area contributed by atoms with Gasteiger partial charge in [-0.15, -0.1) is 0 Å². The third-order valence-electron chi connectivity index (χ3n) is 2.31. The summed E-state index contributed by atoms with van der Waals surface area (Å²) in [6.45, 7) is 5.37. The van der Waals surface area contributed by atoms with E-state index in [0.29, 0.717) is 6.04 Å². The van der Waals surface area contributed by atoms with Crippen LogP contribution in [0.3, 0.4) is 0 Å². The molecule has 10 heavy (non-hydrogen) atoms. The normalized spacial score (nSPS) is 28.7. The molecule has 1 fully saturated rings. The first-order valence-electron chi connectivity index (χ1n) is 3.95. The number of rotatable bonds is 2. The Hall–Kier alpha value is -0.550. The van der Waals surface area contributed by atoms with Crippen LogP contribution in [0, 0.1) is 11.3 Å². The van der Waals surface area contributed by atoms with Crippen molar-refractivity contribution in [1.82, 2.24) is 4.90 Å². The third-order valence-corrected chi connectivity index (χ3v) is 2.31. The molecule has 2 atom stereocenters. The Labute approximate surface area is 62.4 Å². The van der Waals surface area contributed by atoms with Crippen LogP contribution in [-0.4, -0.2) is 23.5 Å². The maximum atomic E-state index is 8.69. The van der Waals surface area contributed by atoms with E-state index in [9.17, 15) is 0 Å². The lowest BCUT2D eigenvalue weighted by Crippen LogP contribution is -2.50. The average Bonchev–Trinajstić information content (AvgIpc) is 1.96. The minimum atomic E-state index is 0.170. The third kappa shape index (κ3) is 1.15. The molecule has 0 saturated carbocycles. The molecule has 1 rings (SSSR count). The van der Waals surface area contributed by atoms with Crippen LogP contribution >= 0.6 is 0 Å². The summed E-state index contributed by atoms with van der Waals surface area (Å²) in [5.41, 5.74) is 0. The lowest BCUT2D eigenvalue weighted by Gasteiger charge is -2.41. The van der Waals surface area contributed by atoms with E-state index in [4.69, 9.17) is 5.26 Å². The summed E-state index contributed by atoms with van der Waals surface area (Å²) >= 11 is 0. The Morgan fingerprint density at radius 3 is 2.60 bits per heavy atom. The molecule has 56 valence electrons. The van der Waals surface area contributed by atoms with Crippen LogP contribution in [0.25, 0.3) is 0 Å². The van der Waals surface area contributed by atoms with E-state index in [2.05, 4.69) is 24.8 Å². The molecule has 0 amide bonds. The first-order valence-corrected chi connectivity index (χ1v) is 3.95. The summed E-state index contributed by atoms with van der Waals surface area (Å²) in [5.74, 6) is 0. The molecule has 0 aliphatic carbocycles. The van der Waals surface area contributed by atoms with Gasteiger partial charge < -0.3 is 0 Å². The molecule has 0 spiro atoms. The molecular formula is C8H14N2. The van der Waals surface area contributed by atoms with Gasteiger partial charge in [0.2, 0.25) is 0 Å². The topological polar surface area (TPSA) is 27.0 Å². The van der Waals surface area contributed by atoms with E-state index in [1.165, 1.54) is 6.42 Å². The van der Waals surface area contributed by atoms with Gasteiger partial charge in [0.25, 0.3) is 0 Å². The SMILES string of the molecule is CCC(C#N)N1CCC1C. The van der Waals surface area contributed by atoms with Crippen LogP contribution in [0.2, 0.25) is 0 Å². The standard InChI is InChI=1S/C8H14N2/c1-3-8(6-9)10-5-4-7(10)2/h7-8H,3-5H2,1-2H3. The summed E-state index contributed by atoms with van der Waals surface area (Å²) in [5, 5.41) is 8.69. The predicted molar refractivity (Wildman–Crippen MR) is 40.5 cm³/mol. The van der Waals surface area contributed by atoms with Crippen molar-refractivity contribution in [2.24, 2.45) is 0 Å². The zero-order chi connectivity index (χ0) is 7.56. The molecule has 2 unspecified atom stereocenters. The quantitative estimate of drug-likeness (QED) is 0.576. The second kappa shape index (κ2) is 3.03. The van der Waals surface area contributed by atoms with Crippen LogP contribution in [-0.2, 0) is 0 Å². The van der Waals surface area contributed by atoms with Crippen molar-refractivity contribution >= 4 is 0 Å². The van der Waals surface area contributed by atoms with Gasteiger partial charge in [-0.2, -0.15) is 5.26 Å². The Morgan fingerprint density at radius 2 is 2.50 bits per heavy atom. The van der Waals surface area contributed by atoms with Gasteiger partial charge in [0, 0.05) is 12.6 Å². The van der Waals surface area contributed by atoms with Gasteiger partial charge in [0.1, 0.15) is 0 Å². The molecular weight excluding hydrogens is 124 g/mol. The summed E-state index contributed by atoms with van der Waals surface area (Å²) < 4.78 is 0. The van der Waals surface area contributed by atoms with E-state index in [-0.39, 0.29) is 6.04 Å². The molecule has 1 aliphatic rings. The predicted octanol–water partition coefficient (Wildman–Crippen LogP) is 1.38. The Balaban J connectivity index is 2.40. The largest absolute Gasteiger partial charge is 0.285 e. The van der Waals surface area contributed by atoms with Crippen LogP contribution in [0.1, 0.15) is 26.7 Å². The van der Waals surface area contributed by atoms with E-state index in [1.54, 1.807) is 0 Å². The van der Waals surface area contributed by atoms with Crippen LogP contribution < -0.4 is 0 Å². The molecule has 1 aliphatic heterocycles. The van der Waals surface area contributed by atoms with Gasteiger partial charge >= 0.3 is 0 Å². The van der Waals surface area contributed by atoms with Gasteiger partial charge in [0.15, 0.2) is 0 Å². The second-order valence-corrected chi connectivity index (χ2v) is 2.93. The molecule has 1 heterocycles. The highest BCUT2D eigenvalue weighted by Gasteiger charge is 2.29. The van der Waals surface area contributed by atoms with Gasteiger partial charge in [-0.1, -0.05) is 6.92 Å². The van der Waals surface area contributed by atoms with Crippen molar-refractivity contribution in [3.63, 3.8) is 0 Å². The summed E-state index contributed by atoms with van der Waals surface area (Å²) in [6, 6.07) is 3.12. The fraction of sp³-hybridized carbons (Fsp3) is 0.875. The number of nitriles is 1. The molecule has 1 saturated heterocycles. The minimum Gasteiger partial charge on any atom is -0.285 e. The lowest BCUT2D eigenvalue weighted by atomic mass is 10.0. The maximum absolute atomic E-state index is 8.69. The molecule has 0 aromatic heterocycles. The number of likely N-dealkylation sites (tertiary alicyclic amines) is 1. The zero-order valence-corrected chi connectivity index (χ0v) is 6.67. The van der Waals surface area contributed by atoms with Gasteiger partial charge in [-0.25, -0.2) is 0 Å². The first-order chi connectivity index (χ1) is 4.79. The van der Waals surface area contributed by atoms with E-state index >= 15 is 0 Å². The highest BCUT2D eigenvalue weighted by atomic mass is 15.2. The molecule has 2 nitrogen and oxygen atoms in total. The molecule has 2 heteroatoms. The van der Waals surface area contributed by atoms with E-state index < -0.39 is 0 Å². The zero-order valence-electron chi connectivity index (χ0n) is 6.67. The Morgan fingerprint density at radius 1 is 1.80 bits per heavy atom. The minimum absolute atomic E-state index is 0.170. The van der Waals surface area contributed by atoms with Crippen molar-refractivity contribution in [2.45, 2.75) is 38.8 Å². The smallest absolute Gasteiger partial charge is 0.0977 e. The summed E-state index contributed by atoms with van der Waals surface area (Å²) in [6.07, 6.45) is 2.22. The van der Waals surface area contributed by atoms with E-state index in [0.717, 1.165) is 13.0 Å². The summed E-state index contributed by atoms with van der Waals surface area (Å²) in [7, 11) is 0. The van der Waals surface area contributed by atoms with Crippen molar-refractivity contribution in [2.75, 3.05) is 6.54 Å². The second-order valence-electron chi connectivity index (χ2n) is 2.93. The Kier molecular flexibility index (Phi) is 2.29. The first kappa shape index (κ1) is 7.56. The highest BCUT2D eigenvalue weighted by molar-refractivity contribution is 4.96. The average molecular weight is 138 g/mol. The van der Waals surface area contributed by atoms with Crippen molar-refractivity contribution < 1.29 is 0 Å². The molecule has 0 radical (unpaired) electrons. The number of hydrogen-bond donors (Lipinski definition) is 0. The Bertz CT molecular complexity index is 148. The van der Waals surface area contributed by atoms with Crippen LogP contribution in [0.15, 0.2) is 0 Å². The fourth-order valence-corrected chi connectivity index (χ4v) is 1.40. The summed E-state index contributed by atoms with van der Waals surface area (Å²) in [4.78, 5) is 2.26. The van der Waals surface area contributed by atoms with Gasteiger partial charge in [-0.05, 0) is 19.8 Å². The van der Waals surface area contributed by atoms with Crippen LogP contribution in [0.5, 0.6) is 0 Å². The molecule has 0 N–H and O–H groups in total. The maximum Gasteiger partial charge on any atom is 0.0977 e. The number of nitrogens with zero attached hydrogens (tertiary/aromatic N) is 2.